The van der Waals surface area contributed by atoms with Crippen LogP contribution in [0.5, 0.6) is 0 Å². The van der Waals surface area contributed by atoms with Crippen LogP contribution in [-0.2, 0) is 11.2 Å². The highest BCUT2D eigenvalue weighted by atomic mass is 16.4. The third-order valence-electron chi connectivity index (χ3n) is 5.85. The van der Waals surface area contributed by atoms with E-state index in [1.54, 1.807) is 0 Å². The predicted octanol–water partition coefficient (Wildman–Crippen LogP) is 3.03. The number of carbonyl (C=O) groups is 1. The summed E-state index contributed by atoms with van der Waals surface area (Å²) in [5.74, 6) is 1.92. The van der Waals surface area contributed by atoms with Crippen molar-refractivity contribution < 1.29 is 9.21 Å². The van der Waals surface area contributed by atoms with E-state index in [-0.39, 0.29) is 23.3 Å². The standard InChI is InChI=1S/C21H28N4O2/c1-15(2)19-22-23-20(27-19)17-11-21(12-24(17)3)13-25(14-21)18(26)10-9-16-7-5-4-6-8-16/h4-8,15,17H,9-14H2,1-3H3. The van der Waals surface area contributed by atoms with Crippen LogP contribution >= 0.6 is 0 Å². The van der Waals surface area contributed by atoms with E-state index < -0.39 is 0 Å². The quantitative estimate of drug-likeness (QED) is 0.812. The molecule has 0 radical (unpaired) electrons. The molecule has 27 heavy (non-hydrogen) atoms. The van der Waals surface area contributed by atoms with Gasteiger partial charge in [-0.25, -0.2) is 0 Å². The Hall–Kier alpha value is -2.21. The molecule has 0 aliphatic carbocycles. The molecule has 6 nitrogen and oxygen atoms in total. The van der Waals surface area contributed by atoms with Crippen molar-refractivity contribution in [3.63, 3.8) is 0 Å². The van der Waals surface area contributed by atoms with Crippen LogP contribution in [0.15, 0.2) is 34.7 Å². The first-order chi connectivity index (χ1) is 13.0. The fourth-order valence-electron chi connectivity index (χ4n) is 4.38. The van der Waals surface area contributed by atoms with E-state index in [1.807, 2.05) is 23.1 Å². The fraction of sp³-hybridized carbons (Fsp3) is 0.571. The van der Waals surface area contributed by atoms with Gasteiger partial charge in [-0.15, -0.1) is 10.2 Å². The summed E-state index contributed by atoms with van der Waals surface area (Å²) in [6, 6.07) is 10.4. The smallest absolute Gasteiger partial charge is 0.233 e. The maximum absolute atomic E-state index is 12.5. The zero-order valence-corrected chi connectivity index (χ0v) is 16.4. The van der Waals surface area contributed by atoms with Gasteiger partial charge < -0.3 is 9.32 Å². The van der Waals surface area contributed by atoms with Crippen LogP contribution in [0.3, 0.4) is 0 Å². The summed E-state index contributed by atoms with van der Waals surface area (Å²) >= 11 is 0. The second-order valence-corrected chi connectivity index (χ2v) is 8.50. The molecule has 1 spiro atoms. The first-order valence-electron chi connectivity index (χ1n) is 9.81. The van der Waals surface area contributed by atoms with Gasteiger partial charge in [0.25, 0.3) is 0 Å². The zero-order chi connectivity index (χ0) is 19.0. The summed E-state index contributed by atoms with van der Waals surface area (Å²) in [5.41, 5.74) is 1.40. The Morgan fingerprint density at radius 2 is 1.96 bits per heavy atom. The SMILES string of the molecule is CC(C)c1nnc(C2CC3(CN(C(=O)CCc4ccccc4)C3)CN2C)o1. The van der Waals surface area contributed by atoms with Gasteiger partial charge in [-0.1, -0.05) is 44.2 Å². The van der Waals surface area contributed by atoms with Gasteiger partial charge in [0.2, 0.25) is 17.7 Å². The highest BCUT2D eigenvalue weighted by Crippen LogP contribution is 2.47. The number of carbonyl (C=O) groups excluding carboxylic acids is 1. The van der Waals surface area contributed by atoms with Gasteiger partial charge in [0.1, 0.15) is 0 Å². The number of hydrogen-bond acceptors (Lipinski definition) is 5. The number of hydrogen-bond donors (Lipinski definition) is 0. The van der Waals surface area contributed by atoms with Crippen LogP contribution in [0.4, 0.5) is 0 Å². The normalized spacial score (nSPS) is 21.8. The second-order valence-electron chi connectivity index (χ2n) is 8.50. The van der Waals surface area contributed by atoms with Gasteiger partial charge in [-0.05, 0) is 25.5 Å². The Morgan fingerprint density at radius 3 is 2.63 bits per heavy atom. The molecular weight excluding hydrogens is 340 g/mol. The Balaban J connectivity index is 1.32. The number of rotatable bonds is 5. The van der Waals surface area contributed by atoms with Crippen molar-refractivity contribution in [2.24, 2.45) is 5.41 Å². The molecule has 4 rings (SSSR count). The summed E-state index contributed by atoms with van der Waals surface area (Å²) in [5, 5.41) is 8.45. The molecule has 2 aromatic rings. The lowest BCUT2D eigenvalue weighted by atomic mass is 9.77. The molecule has 144 valence electrons. The molecule has 6 heteroatoms. The monoisotopic (exact) mass is 368 g/mol. The molecule has 0 N–H and O–H groups in total. The highest BCUT2D eigenvalue weighted by Gasteiger charge is 2.53. The predicted molar refractivity (Wildman–Crippen MR) is 102 cm³/mol. The van der Waals surface area contributed by atoms with E-state index in [9.17, 15) is 4.79 Å². The van der Waals surface area contributed by atoms with Gasteiger partial charge in [-0.2, -0.15) is 0 Å². The van der Waals surface area contributed by atoms with Gasteiger partial charge in [-0.3, -0.25) is 9.69 Å². The molecule has 1 amide bonds. The number of aromatic nitrogens is 2. The number of benzene rings is 1. The zero-order valence-electron chi connectivity index (χ0n) is 16.4. The van der Waals surface area contributed by atoms with Crippen LogP contribution in [0.1, 0.15) is 56.0 Å². The van der Waals surface area contributed by atoms with Crippen LogP contribution in [0.25, 0.3) is 0 Å². The topological polar surface area (TPSA) is 62.5 Å². The summed E-state index contributed by atoms with van der Waals surface area (Å²) in [6.45, 7) is 6.77. The van der Waals surface area contributed by atoms with Crippen molar-refractivity contribution >= 4 is 5.91 Å². The minimum absolute atomic E-state index is 0.159. The first kappa shape index (κ1) is 18.2. The number of aryl methyl sites for hydroxylation is 1. The maximum Gasteiger partial charge on any atom is 0.233 e. The average molecular weight is 368 g/mol. The summed E-state index contributed by atoms with van der Waals surface area (Å²) in [6.07, 6.45) is 2.37. The van der Waals surface area contributed by atoms with E-state index in [4.69, 9.17) is 4.42 Å². The molecule has 2 aliphatic rings. The highest BCUT2D eigenvalue weighted by molar-refractivity contribution is 5.77. The van der Waals surface area contributed by atoms with Crippen molar-refractivity contribution in [3.05, 3.63) is 47.7 Å². The Labute approximate surface area is 160 Å². The van der Waals surface area contributed by atoms with Gasteiger partial charge in [0, 0.05) is 37.4 Å². The van der Waals surface area contributed by atoms with Crippen molar-refractivity contribution in [3.8, 4) is 0 Å². The minimum atomic E-state index is 0.159. The van der Waals surface area contributed by atoms with E-state index in [0.29, 0.717) is 18.2 Å². The average Bonchev–Trinajstić information content (AvgIpc) is 3.24. The van der Waals surface area contributed by atoms with Crippen LogP contribution in [0.2, 0.25) is 0 Å². The maximum atomic E-state index is 12.5. The van der Waals surface area contributed by atoms with Gasteiger partial charge in [0.05, 0.1) is 6.04 Å². The van der Waals surface area contributed by atoms with Crippen molar-refractivity contribution in [1.82, 2.24) is 20.0 Å². The molecule has 1 atom stereocenters. The van der Waals surface area contributed by atoms with E-state index in [0.717, 1.165) is 32.5 Å². The fourth-order valence-corrected chi connectivity index (χ4v) is 4.38. The Morgan fingerprint density at radius 1 is 1.22 bits per heavy atom. The summed E-state index contributed by atoms with van der Waals surface area (Å²) < 4.78 is 5.88. The molecule has 2 fully saturated rings. The molecule has 1 unspecified atom stereocenters. The molecule has 3 heterocycles. The number of nitrogens with zero attached hydrogens (tertiary/aromatic N) is 4. The molecule has 2 saturated heterocycles. The summed E-state index contributed by atoms with van der Waals surface area (Å²) in [7, 11) is 2.11. The van der Waals surface area contributed by atoms with E-state index >= 15 is 0 Å². The first-order valence-corrected chi connectivity index (χ1v) is 9.81. The Kier molecular flexibility index (Phi) is 4.76. The van der Waals surface area contributed by atoms with E-state index in [1.165, 1.54) is 5.56 Å². The lowest BCUT2D eigenvalue weighted by molar-refractivity contribution is -0.142. The van der Waals surface area contributed by atoms with Gasteiger partial charge >= 0.3 is 0 Å². The van der Waals surface area contributed by atoms with Crippen LogP contribution < -0.4 is 0 Å². The number of likely N-dealkylation sites (tertiary alicyclic amines) is 2. The third-order valence-corrected chi connectivity index (χ3v) is 5.85. The van der Waals surface area contributed by atoms with Crippen LogP contribution in [-0.4, -0.2) is 52.6 Å². The second kappa shape index (κ2) is 7.08. The summed E-state index contributed by atoms with van der Waals surface area (Å²) in [4.78, 5) is 16.8. The lowest BCUT2D eigenvalue weighted by Gasteiger charge is -2.48. The van der Waals surface area contributed by atoms with Crippen molar-refractivity contribution in [2.45, 2.75) is 45.1 Å². The lowest BCUT2D eigenvalue weighted by Crippen LogP contribution is -2.59. The number of amides is 1. The third kappa shape index (κ3) is 3.63. The largest absolute Gasteiger partial charge is 0.423 e. The molecule has 0 saturated carbocycles. The molecule has 1 aromatic heterocycles. The van der Waals surface area contributed by atoms with Crippen molar-refractivity contribution in [2.75, 3.05) is 26.7 Å². The Bertz CT molecular complexity index is 796. The molecular formula is C21H28N4O2. The molecule has 1 aromatic carbocycles. The van der Waals surface area contributed by atoms with Gasteiger partial charge in [0.15, 0.2) is 0 Å². The molecule has 2 aliphatic heterocycles. The van der Waals surface area contributed by atoms with Crippen molar-refractivity contribution in [1.29, 1.82) is 0 Å². The minimum Gasteiger partial charge on any atom is -0.423 e. The molecule has 0 bridgehead atoms. The van der Waals surface area contributed by atoms with Crippen LogP contribution in [0, 0.1) is 5.41 Å². The van der Waals surface area contributed by atoms with E-state index in [2.05, 4.69) is 48.1 Å².